The van der Waals surface area contributed by atoms with Crippen LogP contribution in [0.2, 0.25) is 0 Å². The Morgan fingerprint density at radius 1 is 1.18 bits per heavy atom. The molecule has 0 heterocycles. The van der Waals surface area contributed by atoms with E-state index < -0.39 is 21.4 Å². The summed E-state index contributed by atoms with van der Waals surface area (Å²) in [6, 6.07) is 0. The van der Waals surface area contributed by atoms with Crippen LogP contribution in [-0.2, 0) is 19.1 Å². The zero-order chi connectivity index (χ0) is 13.3. The van der Waals surface area contributed by atoms with Crippen LogP contribution in [0.15, 0.2) is 11.3 Å². The van der Waals surface area contributed by atoms with E-state index in [1.807, 2.05) is 0 Å². The minimum absolute atomic E-state index is 0.0207. The molecule has 8 heteroatoms. The molecular weight excluding hydrogens is 261 g/mol. The van der Waals surface area contributed by atoms with E-state index in [0.29, 0.717) is 12.8 Å². The Kier molecular flexibility index (Phi) is 3.85. The van der Waals surface area contributed by atoms with E-state index in [1.54, 1.807) is 0 Å². The van der Waals surface area contributed by atoms with E-state index in [2.05, 4.69) is 4.18 Å². The van der Waals surface area contributed by atoms with Crippen molar-refractivity contribution in [2.24, 2.45) is 0 Å². The van der Waals surface area contributed by atoms with Crippen LogP contribution >= 0.6 is 0 Å². The predicted molar refractivity (Wildman–Crippen MR) is 52.2 cm³/mol. The van der Waals surface area contributed by atoms with Gasteiger partial charge in [0, 0.05) is 18.4 Å². The molecule has 1 rings (SSSR count). The normalized spacial score (nSPS) is 19.2. The molecule has 0 atom stereocenters. The van der Waals surface area contributed by atoms with Crippen LogP contribution in [0.3, 0.4) is 0 Å². The lowest BCUT2D eigenvalue weighted by Gasteiger charge is -2.12. The van der Waals surface area contributed by atoms with Gasteiger partial charge in [-0.3, -0.25) is 4.79 Å². The lowest BCUT2D eigenvalue weighted by molar-refractivity contribution is -0.115. The van der Waals surface area contributed by atoms with Gasteiger partial charge in [0.1, 0.15) is 5.76 Å². The Morgan fingerprint density at radius 2 is 1.71 bits per heavy atom. The quantitative estimate of drug-likeness (QED) is 0.571. The van der Waals surface area contributed by atoms with E-state index in [-0.39, 0.29) is 24.2 Å². The Bertz CT molecular complexity index is 447. The molecule has 0 unspecified atom stereocenters. The minimum Gasteiger partial charge on any atom is -0.380 e. The van der Waals surface area contributed by atoms with Crippen molar-refractivity contribution in [2.45, 2.75) is 38.1 Å². The van der Waals surface area contributed by atoms with Gasteiger partial charge in [0.2, 0.25) is 0 Å². The fraction of sp³-hybridized carbons (Fsp3) is 0.667. The number of carbonyl (C=O) groups excluding carboxylic acids is 1. The average Bonchev–Trinajstić information content (AvgIpc) is 2.31. The smallest absolute Gasteiger partial charge is 0.380 e. The molecule has 0 spiro atoms. The number of hydrogen-bond donors (Lipinski definition) is 0. The van der Waals surface area contributed by atoms with Crippen LogP contribution in [0.25, 0.3) is 0 Å². The number of hydrogen-bond acceptors (Lipinski definition) is 4. The molecular formula is C9H11F3O4S. The van der Waals surface area contributed by atoms with Gasteiger partial charge in [-0.25, -0.2) is 0 Å². The lowest BCUT2D eigenvalue weighted by Crippen LogP contribution is -2.25. The molecule has 0 fully saturated rings. The van der Waals surface area contributed by atoms with E-state index in [4.69, 9.17) is 0 Å². The molecule has 0 saturated carbocycles. The van der Waals surface area contributed by atoms with Crippen LogP contribution in [0.5, 0.6) is 0 Å². The van der Waals surface area contributed by atoms with Crippen molar-refractivity contribution >= 4 is 15.9 Å². The van der Waals surface area contributed by atoms with Crippen LogP contribution in [-0.4, -0.2) is 19.7 Å². The Morgan fingerprint density at radius 3 is 2.24 bits per heavy atom. The van der Waals surface area contributed by atoms with Crippen molar-refractivity contribution in [3.05, 3.63) is 11.3 Å². The minimum atomic E-state index is -5.68. The molecule has 0 amide bonds. The number of allylic oxidation sites excluding steroid dienone is 2. The van der Waals surface area contributed by atoms with Gasteiger partial charge in [0.05, 0.1) is 0 Å². The molecule has 0 bridgehead atoms. The second-order valence-corrected chi connectivity index (χ2v) is 5.20. The number of ketones is 1. The average molecular weight is 272 g/mol. The van der Waals surface area contributed by atoms with Gasteiger partial charge in [-0.05, 0) is 19.8 Å². The van der Waals surface area contributed by atoms with E-state index in [1.165, 1.54) is 6.92 Å². The standard InChI is InChI=1S/C9H11F3O4S/c1-6-7(13)4-2-3-5-8(6)16-17(14,15)9(10,11)12/h2-5H2,1H3. The van der Waals surface area contributed by atoms with Crippen molar-refractivity contribution in [3.63, 3.8) is 0 Å². The first kappa shape index (κ1) is 14.0. The topological polar surface area (TPSA) is 60.4 Å². The van der Waals surface area contributed by atoms with Crippen LogP contribution in [0.1, 0.15) is 32.6 Å². The maximum absolute atomic E-state index is 12.1. The Labute approximate surface area is 96.6 Å². The van der Waals surface area contributed by atoms with E-state index >= 15 is 0 Å². The third-order valence-corrected chi connectivity index (χ3v) is 3.38. The molecule has 1 aliphatic rings. The molecule has 98 valence electrons. The number of Topliss-reactive ketones (excluding diaryl/α,β-unsaturated/α-hetero) is 1. The van der Waals surface area contributed by atoms with E-state index in [0.717, 1.165) is 0 Å². The predicted octanol–water partition coefficient (Wildman–Crippen LogP) is 2.27. The SMILES string of the molecule is CC1=C(OS(=O)(=O)C(F)(F)F)CCCCC1=O. The zero-order valence-electron chi connectivity index (χ0n) is 9.00. The second-order valence-electron chi connectivity index (χ2n) is 3.66. The molecule has 4 nitrogen and oxygen atoms in total. The largest absolute Gasteiger partial charge is 0.534 e. The molecule has 0 aromatic heterocycles. The van der Waals surface area contributed by atoms with Gasteiger partial charge in [-0.1, -0.05) is 0 Å². The van der Waals surface area contributed by atoms with Gasteiger partial charge in [-0.2, -0.15) is 21.6 Å². The number of halogens is 3. The first-order valence-electron chi connectivity index (χ1n) is 4.89. The van der Waals surface area contributed by atoms with Gasteiger partial charge in [-0.15, -0.1) is 0 Å². The summed E-state index contributed by atoms with van der Waals surface area (Å²) < 4.78 is 61.9. The molecule has 1 aliphatic carbocycles. The van der Waals surface area contributed by atoms with Gasteiger partial charge < -0.3 is 4.18 Å². The monoisotopic (exact) mass is 272 g/mol. The van der Waals surface area contributed by atoms with E-state index in [9.17, 15) is 26.4 Å². The summed E-state index contributed by atoms with van der Waals surface area (Å²) in [7, 11) is -5.68. The molecule has 0 saturated heterocycles. The fourth-order valence-corrected chi connectivity index (χ4v) is 1.95. The number of alkyl halides is 3. The molecule has 17 heavy (non-hydrogen) atoms. The van der Waals surface area contributed by atoms with Crippen LogP contribution < -0.4 is 0 Å². The van der Waals surface area contributed by atoms with Crippen LogP contribution in [0, 0.1) is 0 Å². The summed E-state index contributed by atoms with van der Waals surface area (Å²) in [6.07, 6.45) is 1.15. The van der Waals surface area contributed by atoms with Crippen molar-refractivity contribution < 1.29 is 30.6 Å². The highest BCUT2D eigenvalue weighted by atomic mass is 32.2. The highest BCUT2D eigenvalue weighted by Crippen LogP contribution is 2.30. The fourth-order valence-electron chi connectivity index (χ4n) is 1.39. The maximum Gasteiger partial charge on any atom is 0.534 e. The first-order chi connectivity index (χ1) is 7.65. The summed E-state index contributed by atoms with van der Waals surface area (Å²) >= 11 is 0. The van der Waals surface area contributed by atoms with Gasteiger partial charge >= 0.3 is 15.6 Å². The Hall–Kier alpha value is -1.05. The molecule has 0 N–H and O–H groups in total. The summed E-state index contributed by atoms with van der Waals surface area (Å²) in [5, 5.41) is 0. The summed E-state index contributed by atoms with van der Waals surface area (Å²) in [6.45, 7) is 1.27. The van der Waals surface area contributed by atoms with Crippen molar-refractivity contribution in [1.82, 2.24) is 0 Å². The lowest BCUT2D eigenvalue weighted by atomic mass is 10.1. The summed E-state index contributed by atoms with van der Waals surface area (Å²) in [4.78, 5) is 11.3. The molecule has 0 radical (unpaired) electrons. The summed E-state index contributed by atoms with van der Waals surface area (Å²) in [5.41, 5.74) is -5.52. The van der Waals surface area contributed by atoms with Crippen molar-refractivity contribution in [1.29, 1.82) is 0 Å². The first-order valence-corrected chi connectivity index (χ1v) is 6.29. The number of carbonyl (C=O) groups is 1. The number of rotatable bonds is 2. The molecule has 0 aromatic rings. The Balaban J connectivity index is 3.02. The van der Waals surface area contributed by atoms with Crippen molar-refractivity contribution in [3.8, 4) is 0 Å². The second kappa shape index (κ2) is 4.67. The van der Waals surface area contributed by atoms with Gasteiger partial charge in [0.25, 0.3) is 0 Å². The maximum atomic E-state index is 12.1. The molecule has 0 aliphatic heterocycles. The zero-order valence-corrected chi connectivity index (χ0v) is 9.82. The summed E-state index contributed by atoms with van der Waals surface area (Å²) in [5.74, 6) is -0.778. The van der Waals surface area contributed by atoms with Crippen molar-refractivity contribution in [2.75, 3.05) is 0 Å². The third kappa shape index (κ3) is 3.21. The van der Waals surface area contributed by atoms with Gasteiger partial charge in [0.15, 0.2) is 5.78 Å². The molecule has 0 aromatic carbocycles. The van der Waals surface area contributed by atoms with Crippen LogP contribution in [0.4, 0.5) is 13.2 Å². The third-order valence-electron chi connectivity index (χ3n) is 2.39. The highest BCUT2D eigenvalue weighted by Gasteiger charge is 2.49. The highest BCUT2D eigenvalue weighted by molar-refractivity contribution is 7.87.